The number of piperazine rings is 1. The van der Waals surface area contributed by atoms with Crippen molar-refractivity contribution < 1.29 is 9.13 Å². The van der Waals surface area contributed by atoms with E-state index in [-0.39, 0.29) is 5.82 Å². The lowest BCUT2D eigenvalue weighted by molar-refractivity contribution is 0.104. The molecule has 0 aliphatic carbocycles. The van der Waals surface area contributed by atoms with Crippen LogP contribution in [0.15, 0.2) is 22.7 Å². The molecule has 3 nitrogen and oxygen atoms in total. The molecule has 0 amide bonds. The normalized spacial score (nSPS) is 17.4. The van der Waals surface area contributed by atoms with Crippen LogP contribution in [-0.2, 0) is 0 Å². The summed E-state index contributed by atoms with van der Waals surface area (Å²) in [6.07, 6.45) is 0.919. The number of benzene rings is 1. The van der Waals surface area contributed by atoms with Gasteiger partial charge in [0, 0.05) is 38.8 Å². The summed E-state index contributed by atoms with van der Waals surface area (Å²) < 4.78 is 19.8. The predicted molar refractivity (Wildman–Crippen MR) is 87.4 cm³/mol. The maximum Gasteiger partial charge on any atom is 0.169 e. The Morgan fingerprint density at radius 2 is 1.95 bits per heavy atom. The van der Waals surface area contributed by atoms with Crippen molar-refractivity contribution in [3.8, 4) is 5.75 Å². The van der Waals surface area contributed by atoms with Crippen molar-refractivity contribution in [1.82, 2.24) is 9.80 Å². The number of halogens is 2. The second kappa shape index (κ2) is 8.11. The van der Waals surface area contributed by atoms with Gasteiger partial charge >= 0.3 is 0 Å². The summed E-state index contributed by atoms with van der Waals surface area (Å²) in [5.41, 5.74) is 0. The van der Waals surface area contributed by atoms with Crippen molar-refractivity contribution in [2.75, 3.05) is 39.3 Å². The highest BCUT2D eigenvalue weighted by molar-refractivity contribution is 9.10. The van der Waals surface area contributed by atoms with Gasteiger partial charge in [-0.3, -0.25) is 4.90 Å². The fourth-order valence-corrected chi connectivity index (χ4v) is 3.04. The third-order valence-corrected chi connectivity index (χ3v) is 4.55. The molecule has 1 aliphatic heterocycles. The Bertz CT molecular complexity index is 428. The fourth-order valence-electron chi connectivity index (χ4n) is 2.59. The summed E-state index contributed by atoms with van der Waals surface area (Å²) in [6, 6.07) is 5.52. The average Bonchev–Trinajstić information content (AvgIpc) is 2.46. The highest BCUT2D eigenvalue weighted by atomic mass is 79.9. The van der Waals surface area contributed by atoms with Gasteiger partial charge in [-0.25, -0.2) is 4.39 Å². The molecule has 0 spiro atoms. The third kappa shape index (κ3) is 4.94. The van der Waals surface area contributed by atoms with Crippen LogP contribution in [0.2, 0.25) is 0 Å². The zero-order valence-corrected chi connectivity index (χ0v) is 14.4. The Labute approximate surface area is 135 Å². The second-order valence-electron chi connectivity index (χ2n) is 5.72. The SMILES string of the molecule is CC(C)N1CCN(CCCOc2c(F)cccc2Br)CC1. The molecule has 0 atom stereocenters. The van der Waals surface area contributed by atoms with Crippen molar-refractivity contribution in [3.63, 3.8) is 0 Å². The molecule has 1 fully saturated rings. The van der Waals surface area contributed by atoms with Gasteiger partial charge in [-0.2, -0.15) is 0 Å². The van der Waals surface area contributed by atoms with Gasteiger partial charge in [0.05, 0.1) is 11.1 Å². The first-order valence-electron chi connectivity index (χ1n) is 7.61. The molecule has 1 heterocycles. The molecule has 1 aromatic carbocycles. The van der Waals surface area contributed by atoms with Crippen LogP contribution < -0.4 is 4.74 Å². The predicted octanol–water partition coefficient (Wildman–Crippen LogP) is 3.38. The Hall–Kier alpha value is -0.650. The zero-order valence-electron chi connectivity index (χ0n) is 12.8. The van der Waals surface area contributed by atoms with Gasteiger partial charge in [0.2, 0.25) is 0 Å². The molecule has 0 saturated carbocycles. The van der Waals surface area contributed by atoms with Gasteiger partial charge in [-0.05, 0) is 48.3 Å². The van der Waals surface area contributed by atoms with Crippen LogP contribution in [0.25, 0.3) is 0 Å². The third-order valence-electron chi connectivity index (χ3n) is 3.92. The molecular weight excluding hydrogens is 335 g/mol. The van der Waals surface area contributed by atoms with E-state index in [9.17, 15) is 4.39 Å². The number of hydrogen-bond acceptors (Lipinski definition) is 3. The number of rotatable bonds is 6. The Balaban J connectivity index is 1.67. The summed E-state index contributed by atoms with van der Waals surface area (Å²) >= 11 is 3.31. The molecule has 118 valence electrons. The van der Waals surface area contributed by atoms with Crippen LogP contribution in [-0.4, -0.2) is 55.2 Å². The van der Waals surface area contributed by atoms with Gasteiger partial charge in [0.15, 0.2) is 11.6 Å². The van der Waals surface area contributed by atoms with Crippen LogP contribution in [0.3, 0.4) is 0 Å². The minimum Gasteiger partial charge on any atom is -0.489 e. The van der Waals surface area contributed by atoms with Crippen LogP contribution in [0.4, 0.5) is 4.39 Å². The molecule has 0 unspecified atom stereocenters. The maximum atomic E-state index is 13.6. The lowest BCUT2D eigenvalue weighted by Gasteiger charge is -2.36. The largest absolute Gasteiger partial charge is 0.489 e. The van der Waals surface area contributed by atoms with Gasteiger partial charge in [0.1, 0.15) is 0 Å². The van der Waals surface area contributed by atoms with Crippen molar-refractivity contribution in [2.24, 2.45) is 0 Å². The Kier molecular flexibility index (Phi) is 6.45. The second-order valence-corrected chi connectivity index (χ2v) is 6.58. The molecule has 1 aliphatic rings. The molecule has 5 heteroatoms. The number of hydrogen-bond donors (Lipinski definition) is 0. The lowest BCUT2D eigenvalue weighted by Crippen LogP contribution is -2.49. The number of para-hydroxylation sites is 1. The molecule has 1 saturated heterocycles. The van der Waals surface area contributed by atoms with Crippen LogP contribution >= 0.6 is 15.9 Å². The molecule has 0 aromatic heterocycles. The van der Waals surface area contributed by atoms with Gasteiger partial charge in [-0.15, -0.1) is 0 Å². The topological polar surface area (TPSA) is 15.7 Å². The van der Waals surface area contributed by atoms with E-state index in [4.69, 9.17) is 4.74 Å². The van der Waals surface area contributed by atoms with E-state index >= 15 is 0 Å². The van der Waals surface area contributed by atoms with Crippen molar-refractivity contribution >= 4 is 15.9 Å². The highest BCUT2D eigenvalue weighted by Gasteiger charge is 2.18. The van der Waals surface area contributed by atoms with Gasteiger partial charge in [-0.1, -0.05) is 6.07 Å². The van der Waals surface area contributed by atoms with E-state index in [0.717, 1.165) is 39.1 Å². The molecule has 21 heavy (non-hydrogen) atoms. The Morgan fingerprint density at radius 3 is 2.57 bits per heavy atom. The maximum absolute atomic E-state index is 13.6. The zero-order chi connectivity index (χ0) is 15.2. The summed E-state index contributed by atoms with van der Waals surface area (Å²) in [5.74, 6) is 0.0112. The molecule has 0 bridgehead atoms. The Morgan fingerprint density at radius 1 is 1.24 bits per heavy atom. The van der Waals surface area contributed by atoms with Gasteiger partial charge < -0.3 is 9.64 Å². The first-order valence-corrected chi connectivity index (χ1v) is 8.40. The molecule has 0 N–H and O–H groups in total. The standard InChI is InChI=1S/C16H24BrFN2O/c1-13(2)20-10-8-19(9-11-20)7-4-12-21-16-14(17)5-3-6-15(16)18/h3,5-6,13H,4,7-12H2,1-2H3. The van der Waals surface area contributed by atoms with E-state index in [1.165, 1.54) is 6.07 Å². The molecule has 2 rings (SSSR count). The number of nitrogens with zero attached hydrogens (tertiary/aromatic N) is 2. The van der Waals surface area contributed by atoms with E-state index < -0.39 is 0 Å². The summed E-state index contributed by atoms with van der Waals surface area (Å²) in [5, 5.41) is 0. The van der Waals surface area contributed by atoms with Crippen LogP contribution in [0, 0.1) is 5.82 Å². The molecular formula is C16H24BrFN2O. The minimum absolute atomic E-state index is 0.310. The van der Waals surface area contributed by atoms with E-state index in [0.29, 0.717) is 22.9 Å². The first kappa shape index (κ1) is 16.7. The smallest absolute Gasteiger partial charge is 0.169 e. The molecule has 0 radical (unpaired) electrons. The van der Waals surface area contributed by atoms with Crippen LogP contribution in [0.5, 0.6) is 5.75 Å². The monoisotopic (exact) mass is 358 g/mol. The van der Waals surface area contributed by atoms with E-state index in [2.05, 4.69) is 39.6 Å². The number of ether oxygens (including phenoxy) is 1. The fraction of sp³-hybridized carbons (Fsp3) is 0.625. The highest BCUT2D eigenvalue weighted by Crippen LogP contribution is 2.27. The lowest BCUT2D eigenvalue weighted by atomic mass is 10.2. The summed E-state index contributed by atoms with van der Waals surface area (Å²) in [4.78, 5) is 4.96. The van der Waals surface area contributed by atoms with E-state index in [1.807, 2.05) is 0 Å². The van der Waals surface area contributed by atoms with E-state index in [1.54, 1.807) is 12.1 Å². The van der Waals surface area contributed by atoms with Crippen LogP contribution in [0.1, 0.15) is 20.3 Å². The average molecular weight is 359 g/mol. The molecule has 1 aromatic rings. The van der Waals surface area contributed by atoms with Crippen molar-refractivity contribution in [2.45, 2.75) is 26.3 Å². The summed E-state index contributed by atoms with van der Waals surface area (Å²) in [6.45, 7) is 10.5. The summed E-state index contributed by atoms with van der Waals surface area (Å²) in [7, 11) is 0. The quantitative estimate of drug-likeness (QED) is 0.725. The first-order chi connectivity index (χ1) is 10.1. The van der Waals surface area contributed by atoms with Gasteiger partial charge in [0.25, 0.3) is 0 Å². The minimum atomic E-state index is -0.310. The van der Waals surface area contributed by atoms with Crippen molar-refractivity contribution in [3.05, 3.63) is 28.5 Å². The van der Waals surface area contributed by atoms with Crippen molar-refractivity contribution in [1.29, 1.82) is 0 Å².